The molecule has 0 aromatic carbocycles. The van der Waals surface area contributed by atoms with Gasteiger partial charge in [-0.2, -0.15) is 0 Å². The Morgan fingerprint density at radius 3 is 2.67 bits per heavy atom. The maximum Gasteiger partial charge on any atom is 0.273 e. The number of carbonyl (C=O) groups excluding carboxylic acids is 2. The first-order valence-corrected chi connectivity index (χ1v) is 12.2. The molecular formula is C25H31N5O3. The van der Waals surface area contributed by atoms with Crippen LogP contribution in [-0.4, -0.2) is 49.7 Å². The van der Waals surface area contributed by atoms with Crippen LogP contribution in [0, 0.1) is 5.92 Å². The maximum absolute atomic E-state index is 13.1. The fraction of sp³-hybridized carbons (Fsp3) is 0.560. The van der Waals surface area contributed by atoms with Crippen molar-refractivity contribution >= 4 is 11.8 Å². The Balaban J connectivity index is 1.35. The van der Waals surface area contributed by atoms with Crippen LogP contribution >= 0.6 is 0 Å². The predicted molar refractivity (Wildman–Crippen MR) is 122 cm³/mol. The number of H-pyrrole nitrogens is 1. The number of likely N-dealkylation sites (tertiary alicyclic amines) is 1. The van der Waals surface area contributed by atoms with Crippen LogP contribution in [0.3, 0.4) is 0 Å². The number of pyridine rings is 1. The highest BCUT2D eigenvalue weighted by atomic mass is 16.2. The smallest absolute Gasteiger partial charge is 0.273 e. The number of aromatic nitrogens is 3. The van der Waals surface area contributed by atoms with Gasteiger partial charge in [0.2, 0.25) is 5.91 Å². The Kier molecular flexibility index (Phi) is 6.24. The van der Waals surface area contributed by atoms with Gasteiger partial charge in [-0.25, -0.2) is 4.98 Å². The Morgan fingerprint density at radius 2 is 1.88 bits per heavy atom. The van der Waals surface area contributed by atoms with E-state index in [4.69, 9.17) is 4.98 Å². The molecule has 1 atom stereocenters. The minimum atomic E-state index is -0.270. The van der Waals surface area contributed by atoms with Crippen molar-refractivity contribution in [2.75, 3.05) is 13.1 Å². The highest BCUT2D eigenvalue weighted by Gasteiger charge is 2.33. The number of nitrogens with one attached hydrogen (secondary N) is 1. The standard InChI is InChI=1S/C25H31N5O3/c31-22(15-17-7-1-2-8-17)29-14-11-19-18(16-29)24(32)28-23(27-19)21-10-4-6-13-30(21)25(33)20-9-3-5-12-26-20/h3,5,9,12,17,21H,1-2,4,6-8,10-11,13-16H2,(H,27,28,32)/t21-/m0/s1. The summed E-state index contributed by atoms with van der Waals surface area (Å²) >= 11 is 0. The molecular weight excluding hydrogens is 418 g/mol. The van der Waals surface area contributed by atoms with Gasteiger partial charge in [0.15, 0.2) is 0 Å². The Morgan fingerprint density at radius 1 is 1.06 bits per heavy atom. The molecule has 174 valence electrons. The second-order valence-corrected chi connectivity index (χ2v) is 9.52. The van der Waals surface area contributed by atoms with E-state index in [1.807, 2.05) is 4.90 Å². The number of carbonyl (C=O) groups is 2. The third-order valence-electron chi connectivity index (χ3n) is 7.34. The average Bonchev–Trinajstić information content (AvgIpc) is 3.37. The first-order chi connectivity index (χ1) is 16.1. The number of fused-ring (bicyclic) bond motifs is 1. The van der Waals surface area contributed by atoms with Gasteiger partial charge in [-0.3, -0.25) is 19.4 Å². The highest BCUT2D eigenvalue weighted by Crippen LogP contribution is 2.31. The van der Waals surface area contributed by atoms with Crippen LogP contribution in [0.2, 0.25) is 0 Å². The molecule has 2 fully saturated rings. The summed E-state index contributed by atoms with van der Waals surface area (Å²) in [7, 11) is 0. The number of rotatable bonds is 4. The summed E-state index contributed by atoms with van der Waals surface area (Å²) in [4.78, 5) is 54.5. The molecule has 33 heavy (non-hydrogen) atoms. The molecule has 1 saturated heterocycles. The molecule has 1 saturated carbocycles. The van der Waals surface area contributed by atoms with Crippen molar-refractivity contribution in [1.82, 2.24) is 24.8 Å². The number of hydrogen-bond acceptors (Lipinski definition) is 5. The van der Waals surface area contributed by atoms with Crippen LogP contribution in [0.15, 0.2) is 29.2 Å². The van der Waals surface area contributed by atoms with Gasteiger partial charge in [-0.05, 0) is 50.2 Å². The van der Waals surface area contributed by atoms with Gasteiger partial charge >= 0.3 is 0 Å². The lowest BCUT2D eigenvalue weighted by Gasteiger charge is -2.35. The van der Waals surface area contributed by atoms with E-state index < -0.39 is 0 Å². The summed E-state index contributed by atoms with van der Waals surface area (Å²) < 4.78 is 0. The van der Waals surface area contributed by atoms with Crippen molar-refractivity contribution in [3.05, 3.63) is 57.5 Å². The zero-order chi connectivity index (χ0) is 22.8. The molecule has 0 spiro atoms. The number of amides is 2. The molecule has 5 rings (SSSR count). The van der Waals surface area contributed by atoms with Gasteiger partial charge in [0.05, 0.1) is 23.8 Å². The van der Waals surface area contributed by atoms with Crippen molar-refractivity contribution in [2.45, 2.75) is 70.4 Å². The molecule has 2 aliphatic heterocycles. The maximum atomic E-state index is 13.1. The molecule has 1 N–H and O–H groups in total. The third kappa shape index (κ3) is 4.56. The minimum Gasteiger partial charge on any atom is -0.338 e. The SMILES string of the molecule is O=C(CC1CCCC1)N1CCc2nc([C@@H]3CCCCN3C(=O)c3ccccn3)[nH]c(=O)c2C1. The molecule has 2 aromatic heterocycles. The lowest BCUT2D eigenvalue weighted by Crippen LogP contribution is -2.43. The molecule has 8 heteroatoms. The number of nitrogens with zero attached hydrogens (tertiary/aromatic N) is 4. The minimum absolute atomic E-state index is 0.135. The van der Waals surface area contributed by atoms with Crippen molar-refractivity contribution in [3.8, 4) is 0 Å². The van der Waals surface area contributed by atoms with Crippen LogP contribution in [0.5, 0.6) is 0 Å². The van der Waals surface area contributed by atoms with Crippen LogP contribution in [-0.2, 0) is 17.8 Å². The van der Waals surface area contributed by atoms with Crippen molar-refractivity contribution in [2.24, 2.45) is 5.92 Å². The number of aromatic amines is 1. The highest BCUT2D eigenvalue weighted by molar-refractivity contribution is 5.92. The average molecular weight is 450 g/mol. The fourth-order valence-corrected chi connectivity index (χ4v) is 5.50. The zero-order valence-corrected chi connectivity index (χ0v) is 19.0. The van der Waals surface area contributed by atoms with Crippen molar-refractivity contribution in [1.29, 1.82) is 0 Å². The molecule has 2 aromatic rings. The van der Waals surface area contributed by atoms with Crippen LogP contribution in [0.4, 0.5) is 0 Å². The van der Waals surface area contributed by atoms with E-state index in [2.05, 4.69) is 9.97 Å². The van der Waals surface area contributed by atoms with Crippen LogP contribution in [0.25, 0.3) is 0 Å². The van der Waals surface area contributed by atoms with E-state index in [0.717, 1.165) is 37.8 Å². The zero-order valence-electron chi connectivity index (χ0n) is 19.0. The summed E-state index contributed by atoms with van der Waals surface area (Å²) in [6.45, 7) is 1.53. The van der Waals surface area contributed by atoms with Gasteiger partial charge in [0, 0.05) is 32.1 Å². The molecule has 0 radical (unpaired) electrons. The van der Waals surface area contributed by atoms with Crippen molar-refractivity contribution < 1.29 is 9.59 Å². The van der Waals surface area contributed by atoms with Gasteiger partial charge in [-0.15, -0.1) is 0 Å². The Labute approximate surface area is 193 Å². The molecule has 4 heterocycles. The lowest BCUT2D eigenvalue weighted by atomic mass is 9.99. The normalized spacial score (nSPS) is 21.2. The largest absolute Gasteiger partial charge is 0.338 e. The van der Waals surface area contributed by atoms with E-state index in [1.165, 1.54) is 12.8 Å². The summed E-state index contributed by atoms with van der Waals surface area (Å²) in [5, 5.41) is 0. The van der Waals surface area contributed by atoms with E-state index >= 15 is 0 Å². The molecule has 0 unspecified atom stereocenters. The molecule has 2 amide bonds. The van der Waals surface area contributed by atoms with Crippen LogP contribution in [0.1, 0.15) is 85.0 Å². The Bertz CT molecular complexity index is 1080. The lowest BCUT2D eigenvalue weighted by molar-refractivity contribution is -0.133. The molecule has 8 nitrogen and oxygen atoms in total. The molecule has 0 bridgehead atoms. The number of piperidine rings is 1. The third-order valence-corrected chi connectivity index (χ3v) is 7.34. The number of hydrogen-bond donors (Lipinski definition) is 1. The van der Waals surface area contributed by atoms with Crippen LogP contribution < -0.4 is 5.56 Å². The quantitative estimate of drug-likeness (QED) is 0.774. The fourth-order valence-electron chi connectivity index (χ4n) is 5.50. The monoisotopic (exact) mass is 449 g/mol. The van der Waals surface area contributed by atoms with Gasteiger partial charge in [0.1, 0.15) is 11.5 Å². The van der Waals surface area contributed by atoms with Crippen molar-refractivity contribution in [3.63, 3.8) is 0 Å². The predicted octanol–water partition coefficient (Wildman–Crippen LogP) is 3.00. The second-order valence-electron chi connectivity index (χ2n) is 9.52. The first-order valence-electron chi connectivity index (χ1n) is 12.2. The summed E-state index contributed by atoms with van der Waals surface area (Å²) in [6, 6.07) is 5.04. The van der Waals surface area contributed by atoms with Gasteiger partial charge < -0.3 is 14.8 Å². The van der Waals surface area contributed by atoms with E-state index in [-0.39, 0.29) is 23.4 Å². The first kappa shape index (κ1) is 21.8. The molecule has 1 aliphatic carbocycles. The summed E-state index contributed by atoms with van der Waals surface area (Å²) in [6.07, 6.45) is 10.1. The summed E-state index contributed by atoms with van der Waals surface area (Å²) in [5.74, 6) is 1.06. The topological polar surface area (TPSA) is 99.3 Å². The van der Waals surface area contributed by atoms with Gasteiger partial charge in [-0.1, -0.05) is 18.9 Å². The van der Waals surface area contributed by atoms with E-state index in [9.17, 15) is 14.4 Å². The second kappa shape index (κ2) is 9.45. The summed E-state index contributed by atoms with van der Waals surface area (Å²) in [5.41, 5.74) is 1.56. The van der Waals surface area contributed by atoms with Gasteiger partial charge in [0.25, 0.3) is 11.5 Å². The Hall–Kier alpha value is -3.03. The molecule has 3 aliphatic rings. The van der Waals surface area contributed by atoms with E-state index in [1.54, 1.807) is 29.3 Å². The van der Waals surface area contributed by atoms with E-state index in [0.29, 0.717) is 55.5 Å².